The third kappa shape index (κ3) is 11.2. The van der Waals surface area contributed by atoms with Crippen molar-refractivity contribution in [3.8, 4) is 12.3 Å². The lowest BCUT2D eigenvalue weighted by molar-refractivity contribution is -0.138. The molecule has 0 aromatic heterocycles. The highest BCUT2D eigenvalue weighted by atomic mass is 16.4. The summed E-state index contributed by atoms with van der Waals surface area (Å²) < 4.78 is 0. The molecular formula is C16H25N3O5. The second-order valence-corrected chi connectivity index (χ2v) is 5.34. The number of unbranched alkanes of at least 4 members (excludes halogenated alkanes) is 1. The number of hydrogen-bond acceptors (Lipinski definition) is 5. The second kappa shape index (κ2) is 13.1. The molecule has 0 aliphatic heterocycles. The van der Waals surface area contributed by atoms with E-state index >= 15 is 0 Å². The molecule has 0 heterocycles. The molecule has 0 aliphatic carbocycles. The van der Waals surface area contributed by atoms with Gasteiger partial charge in [-0.05, 0) is 25.7 Å². The Morgan fingerprint density at radius 2 is 1.88 bits per heavy atom. The Morgan fingerprint density at radius 1 is 1.17 bits per heavy atom. The van der Waals surface area contributed by atoms with Gasteiger partial charge >= 0.3 is 5.97 Å². The lowest BCUT2D eigenvalue weighted by Gasteiger charge is -2.12. The number of aldehydes is 1. The molecule has 0 saturated heterocycles. The average Bonchev–Trinajstić information content (AvgIpc) is 2.56. The maximum absolute atomic E-state index is 11.5. The van der Waals surface area contributed by atoms with Crippen LogP contribution in [0.15, 0.2) is 0 Å². The van der Waals surface area contributed by atoms with Gasteiger partial charge in [-0.1, -0.05) is 0 Å². The Bertz CT molecular complexity index is 473. The molecule has 8 heteroatoms. The van der Waals surface area contributed by atoms with Crippen LogP contribution in [0.25, 0.3) is 0 Å². The van der Waals surface area contributed by atoms with Gasteiger partial charge < -0.3 is 26.3 Å². The number of nitrogens with one attached hydrogen (secondary N) is 2. The monoisotopic (exact) mass is 339 g/mol. The number of carboxylic acid groups (broad SMARTS) is 1. The van der Waals surface area contributed by atoms with Crippen molar-refractivity contribution in [1.29, 1.82) is 0 Å². The Labute approximate surface area is 141 Å². The molecule has 0 aromatic rings. The highest BCUT2D eigenvalue weighted by molar-refractivity contribution is 5.79. The van der Waals surface area contributed by atoms with Crippen LogP contribution in [0.1, 0.15) is 44.9 Å². The maximum atomic E-state index is 11.5. The fraction of sp³-hybridized carbons (Fsp3) is 0.625. The largest absolute Gasteiger partial charge is 0.480 e. The van der Waals surface area contributed by atoms with E-state index in [-0.39, 0.29) is 31.1 Å². The minimum Gasteiger partial charge on any atom is -0.480 e. The molecule has 5 N–H and O–H groups in total. The van der Waals surface area contributed by atoms with E-state index in [2.05, 4.69) is 16.6 Å². The Kier molecular flexibility index (Phi) is 11.8. The Balaban J connectivity index is 3.77. The van der Waals surface area contributed by atoms with E-state index in [1.807, 2.05) is 0 Å². The van der Waals surface area contributed by atoms with Gasteiger partial charge in [0.15, 0.2) is 0 Å². The predicted octanol–water partition coefficient (Wildman–Crippen LogP) is -0.438. The molecule has 2 atom stereocenters. The second-order valence-electron chi connectivity index (χ2n) is 5.34. The molecule has 24 heavy (non-hydrogen) atoms. The molecule has 0 spiro atoms. The summed E-state index contributed by atoms with van der Waals surface area (Å²) in [6.07, 6.45) is 8.16. The summed E-state index contributed by atoms with van der Waals surface area (Å²) in [5.41, 5.74) is 5.30. The van der Waals surface area contributed by atoms with Crippen molar-refractivity contribution in [3.05, 3.63) is 0 Å². The molecule has 0 aliphatic rings. The summed E-state index contributed by atoms with van der Waals surface area (Å²) in [7, 11) is 0. The topological polar surface area (TPSA) is 139 Å². The first kappa shape index (κ1) is 21.6. The van der Waals surface area contributed by atoms with E-state index in [1.165, 1.54) is 0 Å². The summed E-state index contributed by atoms with van der Waals surface area (Å²) in [6.45, 7) is 0.414. The first-order valence-corrected chi connectivity index (χ1v) is 7.84. The van der Waals surface area contributed by atoms with E-state index in [0.717, 1.165) is 0 Å². The Hall–Kier alpha value is -2.40. The van der Waals surface area contributed by atoms with E-state index in [0.29, 0.717) is 38.5 Å². The van der Waals surface area contributed by atoms with Gasteiger partial charge in [-0.2, -0.15) is 0 Å². The number of carboxylic acids is 1. The molecule has 8 nitrogen and oxygen atoms in total. The van der Waals surface area contributed by atoms with Gasteiger partial charge in [-0.3, -0.25) is 14.4 Å². The lowest BCUT2D eigenvalue weighted by atomic mass is 10.1. The molecule has 0 fully saturated rings. The predicted molar refractivity (Wildman–Crippen MR) is 87.8 cm³/mol. The number of amides is 2. The molecule has 134 valence electrons. The first-order valence-electron chi connectivity index (χ1n) is 7.84. The molecule has 0 aromatic carbocycles. The minimum absolute atomic E-state index is 0.0513. The smallest absolute Gasteiger partial charge is 0.320 e. The first-order chi connectivity index (χ1) is 11.4. The highest BCUT2D eigenvalue weighted by Gasteiger charge is 2.13. The van der Waals surface area contributed by atoms with Crippen LogP contribution in [-0.4, -0.2) is 47.8 Å². The van der Waals surface area contributed by atoms with Gasteiger partial charge in [-0.25, -0.2) is 0 Å². The quantitative estimate of drug-likeness (QED) is 0.204. The van der Waals surface area contributed by atoms with Crippen molar-refractivity contribution >= 4 is 24.1 Å². The summed E-state index contributed by atoms with van der Waals surface area (Å²) in [6, 6.07) is -1.60. The van der Waals surface area contributed by atoms with Gasteiger partial charge in [0, 0.05) is 25.8 Å². The van der Waals surface area contributed by atoms with Crippen LogP contribution in [0.5, 0.6) is 0 Å². The van der Waals surface area contributed by atoms with E-state index < -0.39 is 18.1 Å². The van der Waals surface area contributed by atoms with Crippen LogP contribution in [0.3, 0.4) is 0 Å². The lowest BCUT2D eigenvalue weighted by Crippen LogP contribution is -2.36. The number of carbonyl (C=O) groups excluding carboxylic acids is 3. The number of aliphatic carboxylic acids is 1. The van der Waals surface area contributed by atoms with Gasteiger partial charge in [0.05, 0.1) is 6.04 Å². The van der Waals surface area contributed by atoms with E-state index in [1.54, 1.807) is 0 Å². The van der Waals surface area contributed by atoms with Gasteiger partial charge in [0.25, 0.3) is 0 Å². The highest BCUT2D eigenvalue weighted by Crippen LogP contribution is 2.00. The van der Waals surface area contributed by atoms with E-state index in [9.17, 15) is 19.2 Å². The van der Waals surface area contributed by atoms with Crippen LogP contribution in [0, 0.1) is 12.3 Å². The fourth-order valence-corrected chi connectivity index (χ4v) is 1.85. The standard InChI is InChI=1S/C16H25N3O5/c1-2-3-7-15(22)19-12(11-20)6-4-5-10-18-14(21)9-8-13(17)16(23)24/h1,11-13H,3-10,17H2,(H,18,21)(H,19,22)(H,23,24). The average molecular weight is 339 g/mol. The Morgan fingerprint density at radius 3 is 2.46 bits per heavy atom. The van der Waals surface area contributed by atoms with Gasteiger partial charge in [-0.15, -0.1) is 12.3 Å². The van der Waals surface area contributed by atoms with Crippen molar-refractivity contribution in [2.24, 2.45) is 5.73 Å². The molecule has 2 amide bonds. The van der Waals surface area contributed by atoms with Crippen molar-refractivity contribution in [3.63, 3.8) is 0 Å². The van der Waals surface area contributed by atoms with E-state index in [4.69, 9.17) is 17.3 Å². The third-order valence-electron chi connectivity index (χ3n) is 3.27. The SMILES string of the molecule is C#CCCC(=O)NC(C=O)CCCCNC(=O)CCC(N)C(=O)O. The van der Waals surface area contributed by atoms with Crippen LogP contribution < -0.4 is 16.4 Å². The maximum Gasteiger partial charge on any atom is 0.320 e. The summed E-state index contributed by atoms with van der Waals surface area (Å²) >= 11 is 0. The summed E-state index contributed by atoms with van der Waals surface area (Å²) in [4.78, 5) is 44.3. The van der Waals surface area contributed by atoms with Crippen molar-refractivity contribution < 1.29 is 24.3 Å². The molecule has 0 bridgehead atoms. The number of rotatable bonds is 13. The van der Waals surface area contributed by atoms with Crippen LogP contribution >= 0.6 is 0 Å². The minimum atomic E-state index is -1.13. The fourth-order valence-electron chi connectivity index (χ4n) is 1.85. The zero-order valence-electron chi connectivity index (χ0n) is 13.6. The number of nitrogens with two attached hydrogens (primary N) is 1. The van der Waals surface area contributed by atoms with Gasteiger partial charge in [0.1, 0.15) is 12.3 Å². The molecule has 0 saturated carbocycles. The molecular weight excluding hydrogens is 314 g/mol. The van der Waals surface area contributed by atoms with Crippen LogP contribution in [0.2, 0.25) is 0 Å². The normalized spacial score (nSPS) is 12.5. The van der Waals surface area contributed by atoms with Crippen LogP contribution in [-0.2, 0) is 19.2 Å². The third-order valence-corrected chi connectivity index (χ3v) is 3.27. The van der Waals surface area contributed by atoms with Crippen molar-refractivity contribution in [2.75, 3.05) is 6.54 Å². The van der Waals surface area contributed by atoms with Crippen LogP contribution in [0.4, 0.5) is 0 Å². The zero-order chi connectivity index (χ0) is 18.4. The number of terminal acetylenes is 1. The summed E-state index contributed by atoms with van der Waals surface area (Å²) in [5.74, 6) is 0.702. The zero-order valence-corrected chi connectivity index (χ0v) is 13.6. The number of hydrogen-bond donors (Lipinski definition) is 4. The van der Waals surface area contributed by atoms with Crippen molar-refractivity contribution in [1.82, 2.24) is 10.6 Å². The van der Waals surface area contributed by atoms with Gasteiger partial charge in [0.2, 0.25) is 11.8 Å². The molecule has 2 unspecified atom stereocenters. The molecule has 0 rings (SSSR count). The molecule has 0 radical (unpaired) electrons. The van der Waals surface area contributed by atoms with Crippen molar-refractivity contribution in [2.45, 2.75) is 57.0 Å². The summed E-state index contributed by atoms with van der Waals surface area (Å²) in [5, 5.41) is 13.8. The number of carbonyl (C=O) groups is 4.